The minimum Gasteiger partial charge on any atom is -0.394 e. The monoisotopic (exact) mass is 205 g/mol. The number of hydrogen-bond donors (Lipinski definition) is 3. The molecule has 3 nitrogen and oxygen atoms in total. The van der Waals surface area contributed by atoms with Gasteiger partial charge >= 0.3 is 0 Å². The van der Waals surface area contributed by atoms with E-state index in [1.807, 2.05) is 11.8 Å². The fourth-order valence-corrected chi connectivity index (χ4v) is 2.71. The van der Waals surface area contributed by atoms with E-state index in [-0.39, 0.29) is 6.61 Å². The van der Waals surface area contributed by atoms with Crippen LogP contribution in [0.1, 0.15) is 19.8 Å². The molecule has 0 saturated carbocycles. The Bertz CT molecular complexity index is 146. The lowest BCUT2D eigenvalue weighted by Gasteiger charge is -2.29. The highest BCUT2D eigenvalue weighted by atomic mass is 32.2. The van der Waals surface area contributed by atoms with Crippen LogP contribution in [0.5, 0.6) is 0 Å². The third-order valence-corrected chi connectivity index (χ3v) is 3.81. The first-order valence-electron chi connectivity index (χ1n) is 4.88. The van der Waals surface area contributed by atoms with Crippen LogP contribution in [0.4, 0.5) is 0 Å². The summed E-state index contributed by atoms with van der Waals surface area (Å²) in [7, 11) is 0. The normalized spacial score (nSPS) is 31.6. The molecule has 78 valence electrons. The number of nitrogens with one attached hydrogen (secondary N) is 1. The summed E-state index contributed by atoms with van der Waals surface area (Å²) in [6.45, 7) is 2.57. The molecule has 0 aromatic carbocycles. The van der Waals surface area contributed by atoms with Crippen LogP contribution in [0, 0.1) is 0 Å². The van der Waals surface area contributed by atoms with Crippen molar-refractivity contribution in [3.8, 4) is 0 Å². The lowest BCUT2D eigenvalue weighted by molar-refractivity contribution is 0.0914. The van der Waals surface area contributed by atoms with Crippen LogP contribution in [0.2, 0.25) is 0 Å². The smallest absolute Gasteiger partial charge is 0.0895 e. The topological polar surface area (TPSA) is 52.5 Å². The Morgan fingerprint density at radius 3 is 3.00 bits per heavy atom. The molecule has 3 N–H and O–H groups in total. The Kier molecular flexibility index (Phi) is 5.09. The maximum absolute atomic E-state index is 9.16. The fourth-order valence-electron chi connectivity index (χ4n) is 1.54. The molecule has 3 unspecified atom stereocenters. The Morgan fingerprint density at radius 2 is 2.38 bits per heavy atom. The number of aliphatic hydroxyl groups excluding tert-OH is 2. The summed E-state index contributed by atoms with van der Waals surface area (Å²) >= 11 is 1.98. The molecule has 1 rings (SSSR count). The molecule has 4 heteroatoms. The average Bonchev–Trinajstić information content (AvgIpc) is 2.16. The Labute approximate surface area is 83.9 Å². The van der Waals surface area contributed by atoms with Gasteiger partial charge in [0.25, 0.3) is 0 Å². The number of aliphatic hydroxyl groups is 2. The predicted octanol–water partition coefficient (Wildman–Crippen LogP) is 0.213. The van der Waals surface area contributed by atoms with Gasteiger partial charge < -0.3 is 15.5 Å². The van der Waals surface area contributed by atoms with Crippen molar-refractivity contribution in [1.29, 1.82) is 0 Å². The van der Waals surface area contributed by atoms with Crippen LogP contribution in [-0.4, -0.2) is 46.5 Å². The van der Waals surface area contributed by atoms with Gasteiger partial charge in [-0.05, 0) is 18.6 Å². The van der Waals surface area contributed by atoms with E-state index in [1.165, 1.54) is 18.6 Å². The standard InChI is InChI=1S/C9H19NO2S/c1-7-9(3-2-4-13-7)10-5-8(12)6-11/h7-12H,2-6H2,1H3. The molecular formula is C9H19NO2S. The lowest BCUT2D eigenvalue weighted by atomic mass is 10.1. The zero-order valence-corrected chi connectivity index (χ0v) is 8.89. The van der Waals surface area contributed by atoms with Crippen molar-refractivity contribution in [1.82, 2.24) is 5.32 Å². The molecule has 3 atom stereocenters. The zero-order valence-electron chi connectivity index (χ0n) is 8.07. The van der Waals surface area contributed by atoms with Crippen molar-refractivity contribution < 1.29 is 10.2 Å². The zero-order chi connectivity index (χ0) is 9.68. The second kappa shape index (κ2) is 5.86. The highest BCUT2D eigenvalue weighted by molar-refractivity contribution is 7.99. The Morgan fingerprint density at radius 1 is 1.62 bits per heavy atom. The first-order valence-corrected chi connectivity index (χ1v) is 5.93. The average molecular weight is 205 g/mol. The van der Waals surface area contributed by atoms with Crippen molar-refractivity contribution in [2.75, 3.05) is 18.9 Å². The van der Waals surface area contributed by atoms with Gasteiger partial charge in [-0.15, -0.1) is 0 Å². The quantitative estimate of drug-likeness (QED) is 0.614. The van der Waals surface area contributed by atoms with Crippen LogP contribution in [-0.2, 0) is 0 Å². The van der Waals surface area contributed by atoms with Gasteiger partial charge in [0.2, 0.25) is 0 Å². The van der Waals surface area contributed by atoms with Crippen LogP contribution in [0.15, 0.2) is 0 Å². The second-order valence-corrected chi connectivity index (χ2v) is 5.05. The molecule has 1 heterocycles. The molecule has 0 bridgehead atoms. The van der Waals surface area contributed by atoms with E-state index in [1.54, 1.807) is 0 Å². The van der Waals surface area contributed by atoms with Crippen molar-refractivity contribution in [3.63, 3.8) is 0 Å². The summed E-state index contributed by atoms with van der Waals surface area (Å²) in [6.07, 6.45) is 1.83. The third-order valence-electron chi connectivity index (χ3n) is 2.43. The molecule has 0 aromatic heterocycles. The van der Waals surface area contributed by atoms with Gasteiger partial charge in [0.05, 0.1) is 12.7 Å². The Hall–Kier alpha value is 0.230. The molecule has 0 aromatic rings. The minimum absolute atomic E-state index is 0.152. The first-order chi connectivity index (χ1) is 6.24. The van der Waals surface area contributed by atoms with E-state index in [0.29, 0.717) is 17.8 Å². The predicted molar refractivity (Wildman–Crippen MR) is 56.0 cm³/mol. The van der Waals surface area contributed by atoms with Crippen LogP contribution >= 0.6 is 11.8 Å². The van der Waals surface area contributed by atoms with Gasteiger partial charge in [-0.2, -0.15) is 11.8 Å². The molecular weight excluding hydrogens is 186 g/mol. The van der Waals surface area contributed by atoms with E-state index < -0.39 is 6.10 Å². The molecule has 1 aliphatic heterocycles. The minimum atomic E-state index is -0.612. The summed E-state index contributed by atoms with van der Waals surface area (Å²) in [6, 6.07) is 0.500. The molecule has 0 spiro atoms. The number of thioether (sulfide) groups is 1. The molecule has 0 amide bonds. The van der Waals surface area contributed by atoms with Crippen molar-refractivity contribution in [2.24, 2.45) is 0 Å². The summed E-state index contributed by atoms with van der Waals surface area (Å²) in [5.41, 5.74) is 0. The van der Waals surface area contributed by atoms with E-state index in [0.717, 1.165) is 0 Å². The van der Waals surface area contributed by atoms with E-state index >= 15 is 0 Å². The summed E-state index contributed by atoms with van der Waals surface area (Å²) in [5.74, 6) is 1.25. The van der Waals surface area contributed by atoms with Gasteiger partial charge in [-0.25, -0.2) is 0 Å². The van der Waals surface area contributed by atoms with Crippen LogP contribution in [0.25, 0.3) is 0 Å². The molecule has 1 fully saturated rings. The lowest BCUT2D eigenvalue weighted by Crippen LogP contribution is -2.43. The highest BCUT2D eigenvalue weighted by Crippen LogP contribution is 2.24. The van der Waals surface area contributed by atoms with Crippen molar-refractivity contribution >= 4 is 11.8 Å². The first kappa shape index (κ1) is 11.3. The Balaban J connectivity index is 2.18. The molecule has 13 heavy (non-hydrogen) atoms. The summed E-state index contributed by atoms with van der Waals surface area (Å²) < 4.78 is 0. The summed E-state index contributed by atoms with van der Waals surface area (Å²) in [4.78, 5) is 0. The van der Waals surface area contributed by atoms with E-state index in [4.69, 9.17) is 10.2 Å². The largest absolute Gasteiger partial charge is 0.394 e. The van der Waals surface area contributed by atoms with Gasteiger partial charge in [0.15, 0.2) is 0 Å². The maximum Gasteiger partial charge on any atom is 0.0895 e. The third kappa shape index (κ3) is 3.85. The summed E-state index contributed by atoms with van der Waals surface area (Å²) in [5, 5.41) is 21.7. The van der Waals surface area contributed by atoms with E-state index in [9.17, 15) is 0 Å². The van der Waals surface area contributed by atoms with Gasteiger partial charge in [-0.3, -0.25) is 0 Å². The van der Waals surface area contributed by atoms with Gasteiger partial charge in [-0.1, -0.05) is 6.92 Å². The van der Waals surface area contributed by atoms with Crippen molar-refractivity contribution in [3.05, 3.63) is 0 Å². The van der Waals surface area contributed by atoms with Crippen LogP contribution < -0.4 is 5.32 Å². The molecule has 1 aliphatic rings. The highest BCUT2D eigenvalue weighted by Gasteiger charge is 2.21. The molecule has 0 radical (unpaired) electrons. The molecule has 1 saturated heterocycles. The van der Waals surface area contributed by atoms with Gasteiger partial charge in [0.1, 0.15) is 0 Å². The number of rotatable bonds is 4. The SMILES string of the molecule is CC1SCCCC1NCC(O)CO. The van der Waals surface area contributed by atoms with Crippen LogP contribution in [0.3, 0.4) is 0 Å². The fraction of sp³-hybridized carbons (Fsp3) is 1.00. The van der Waals surface area contributed by atoms with Crippen molar-refractivity contribution in [2.45, 2.75) is 37.2 Å². The van der Waals surface area contributed by atoms with E-state index in [2.05, 4.69) is 12.2 Å². The number of hydrogen-bond acceptors (Lipinski definition) is 4. The maximum atomic E-state index is 9.16. The molecule has 0 aliphatic carbocycles. The van der Waals surface area contributed by atoms with Gasteiger partial charge in [0, 0.05) is 17.8 Å². The second-order valence-electron chi connectivity index (χ2n) is 3.57.